The Bertz CT molecular complexity index is 855. The molecule has 1 aromatic heterocycles. The zero-order valence-electron chi connectivity index (χ0n) is 17.0. The number of hydrogen-bond acceptors (Lipinski definition) is 5. The van der Waals surface area contributed by atoms with Gasteiger partial charge in [-0.1, -0.05) is 12.1 Å². The highest BCUT2D eigenvalue weighted by atomic mass is 16.5. The molecule has 2 aliphatic heterocycles. The zero-order valence-corrected chi connectivity index (χ0v) is 17.0. The lowest BCUT2D eigenvalue weighted by atomic mass is 9.71. The van der Waals surface area contributed by atoms with Crippen molar-refractivity contribution in [2.45, 2.75) is 32.0 Å². The molecule has 1 spiro atoms. The molecule has 0 bridgehead atoms. The van der Waals surface area contributed by atoms with Crippen molar-refractivity contribution in [2.75, 3.05) is 40.4 Å². The van der Waals surface area contributed by atoms with E-state index in [9.17, 15) is 9.59 Å². The van der Waals surface area contributed by atoms with Crippen molar-refractivity contribution in [1.82, 2.24) is 19.8 Å². The van der Waals surface area contributed by atoms with Crippen LogP contribution in [0.25, 0.3) is 11.0 Å². The number of amides is 2. The van der Waals surface area contributed by atoms with E-state index >= 15 is 0 Å². The van der Waals surface area contributed by atoms with Gasteiger partial charge in [0, 0.05) is 33.8 Å². The highest BCUT2D eigenvalue weighted by molar-refractivity contribution is 5.84. The van der Waals surface area contributed by atoms with E-state index in [1.807, 2.05) is 31.3 Å². The first-order valence-electron chi connectivity index (χ1n) is 10.1. The van der Waals surface area contributed by atoms with E-state index in [0.717, 1.165) is 17.5 Å². The first kappa shape index (κ1) is 19.8. The molecule has 3 heterocycles. The summed E-state index contributed by atoms with van der Waals surface area (Å²) in [6, 6.07) is 7.77. The maximum absolute atomic E-state index is 12.8. The van der Waals surface area contributed by atoms with Gasteiger partial charge in [-0.2, -0.15) is 0 Å². The number of likely N-dealkylation sites (N-methyl/N-ethyl adjacent to an activating group) is 1. The largest absolute Gasteiger partial charge is 0.380 e. The molecule has 8 nitrogen and oxygen atoms in total. The molecule has 2 fully saturated rings. The number of carbonyl (C=O) groups excluding carboxylic acids is 2. The molecule has 0 aliphatic carbocycles. The van der Waals surface area contributed by atoms with Gasteiger partial charge >= 0.3 is 0 Å². The summed E-state index contributed by atoms with van der Waals surface area (Å²) in [5, 5.41) is 0. The fourth-order valence-corrected chi connectivity index (χ4v) is 4.54. The Labute approximate surface area is 170 Å². The number of carbonyl (C=O) groups is 2. The van der Waals surface area contributed by atoms with Gasteiger partial charge in [0.05, 0.1) is 22.6 Å². The van der Waals surface area contributed by atoms with Crippen molar-refractivity contribution < 1.29 is 19.1 Å². The predicted molar refractivity (Wildman–Crippen MR) is 107 cm³/mol. The van der Waals surface area contributed by atoms with Crippen molar-refractivity contribution in [3.8, 4) is 0 Å². The van der Waals surface area contributed by atoms with Crippen molar-refractivity contribution in [3.05, 3.63) is 30.1 Å². The van der Waals surface area contributed by atoms with Crippen LogP contribution >= 0.6 is 0 Å². The monoisotopic (exact) mass is 400 g/mol. The maximum atomic E-state index is 12.8. The van der Waals surface area contributed by atoms with Crippen LogP contribution in [0.4, 0.5) is 0 Å². The topological polar surface area (TPSA) is 87.8 Å². The Morgan fingerprint density at radius 2 is 2.07 bits per heavy atom. The number of benzene rings is 1. The van der Waals surface area contributed by atoms with Gasteiger partial charge in [0.15, 0.2) is 0 Å². The normalized spacial score (nSPS) is 21.9. The van der Waals surface area contributed by atoms with Crippen LogP contribution in [0.3, 0.4) is 0 Å². The Morgan fingerprint density at radius 1 is 1.31 bits per heavy atom. The molecule has 1 atom stereocenters. The SMILES string of the molecule is COC1CN(C)C(=O)C2(CCN(C(=O)COCc3nc4ccccc4[nH]3)CC2)C1. The second-order valence-corrected chi connectivity index (χ2v) is 8.10. The molecular formula is C21H28N4O4. The summed E-state index contributed by atoms with van der Waals surface area (Å²) in [6.07, 6.45) is 2.14. The average molecular weight is 400 g/mol. The standard InChI is InChI=1S/C21H28N4O4/c1-24-12-15(28-2)11-21(20(24)27)7-9-25(10-8-21)19(26)14-29-13-18-22-16-5-3-4-6-17(16)23-18/h3-6,15H,7-14H2,1-2H3,(H,22,23). The minimum absolute atomic E-state index is 0.0125. The van der Waals surface area contributed by atoms with E-state index < -0.39 is 5.41 Å². The molecule has 2 saturated heterocycles. The van der Waals surface area contributed by atoms with Gasteiger partial charge in [0.2, 0.25) is 11.8 Å². The van der Waals surface area contributed by atoms with Crippen molar-refractivity contribution in [1.29, 1.82) is 0 Å². The summed E-state index contributed by atoms with van der Waals surface area (Å²) >= 11 is 0. The number of para-hydroxylation sites is 2. The van der Waals surface area contributed by atoms with Crippen LogP contribution in [0.2, 0.25) is 0 Å². The van der Waals surface area contributed by atoms with Crippen LogP contribution in [0.5, 0.6) is 0 Å². The third-order valence-electron chi connectivity index (χ3n) is 6.21. The van der Waals surface area contributed by atoms with Gasteiger partial charge in [-0.3, -0.25) is 9.59 Å². The fourth-order valence-electron chi connectivity index (χ4n) is 4.54. The summed E-state index contributed by atoms with van der Waals surface area (Å²) in [7, 11) is 3.53. The first-order chi connectivity index (χ1) is 14.0. The Balaban J connectivity index is 1.28. The number of aromatic nitrogens is 2. The molecular weight excluding hydrogens is 372 g/mol. The lowest BCUT2D eigenvalue weighted by molar-refractivity contribution is -0.159. The quantitative estimate of drug-likeness (QED) is 0.823. The second kappa shape index (κ2) is 8.12. The maximum Gasteiger partial charge on any atom is 0.248 e. The Kier molecular flexibility index (Phi) is 5.56. The number of H-pyrrole nitrogens is 1. The van der Waals surface area contributed by atoms with Crippen LogP contribution < -0.4 is 0 Å². The molecule has 1 unspecified atom stereocenters. The Hall–Kier alpha value is -2.45. The number of hydrogen-bond donors (Lipinski definition) is 1. The lowest BCUT2D eigenvalue weighted by Crippen LogP contribution is -2.57. The highest BCUT2D eigenvalue weighted by Crippen LogP contribution is 2.41. The number of imidazole rings is 1. The van der Waals surface area contributed by atoms with E-state index in [4.69, 9.17) is 9.47 Å². The highest BCUT2D eigenvalue weighted by Gasteiger charge is 2.48. The summed E-state index contributed by atoms with van der Waals surface area (Å²) in [5.41, 5.74) is 1.44. The molecule has 1 aromatic carbocycles. The molecule has 2 aromatic rings. The molecule has 4 rings (SSSR count). The first-order valence-corrected chi connectivity index (χ1v) is 10.1. The van der Waals surface area contributed by atoms with Crippen LogP contribution in [-0.2, 0) is 25.7 Å². The van der Waals surface area contributed by atoms with Crippen molar-refractivity contribution >= 4 is 22.8 Å². The second-order valence-electron chi connectivity index (χ2n) is 8.10. The van der Waals surface area contributed by atoms with Crippen LogP contribution in [0.15, 0.2) is 24.3 Å². The summed E-state index contributed by atoms with van der Waals surface area (Å²) in [5.74, 6) is 0.841. The van der Waals surface area contributed by atoms with Gasteiger partial charge in [-0.05, 0) is 31.4 Å². The molecule has 8 heteroatoms. The van der Waals surface area contributed by atoms with E-state index in [2.05, 4.69) is 9.97 Å². The smallest absolute Gasteiger partial charge is 0.248 e. The van der Waals surface area contributed by atoms with Gasteiger partial charge in [-0.15, -0.1) is 0 Å². The molecule has 0 radical (unpaired) electrons. The van der Waals surface area contributed by atoms with Crippen molar-refractivity contribution in [3.63, 3.8) is 0 Å². The van der Waals surface area contributed by atoms with Gasteiger partial charge in [0.1, 0.15) is 19.0 Å². The summed E-state index contributed by atoms with van der Waals surface area (Å²) < 4.78 is 11.1. The molecule has 156 valence electrons. The number of ether oxygens (including phenoxy) is 2. The third kappa shape index (κ3) is 4.00. The van der Waals surface area contributed by atoms with Gasteiger partial charge in [0.25, 0.3) is 0 Å². The number of likely N-dealkylation sites (tertiary alicyclic amines) is 2. The number of nitrogens with one attached hydrogen (secondary N) is 1. The molecule has 2 amide bonds. The number of fused-ring (bicyclic) bond motifs is 1. The van der Waals surface area contributed by atoms with Crippen molar-refractivity contribution in [2.24, 2.45) is 5.41 Å². The van der Waals surface area contributed by atoms with Crippen LogP contribution in [0, 0.1) is 5.41 Å². The Morgan fingerprint density at radius 3 is 2.79 bits per heavy atom. The van der Waals surface area contributed by atoms with E-state index in [1.165, 1.54) is 0 Å². The molecule has 29 heavy (non-hydrogen) atoms. The summed E-state index contributed by atoms with van der Waals surface area (Å²) in [4.78, 5) is 36.5. The van der Waals surface area contributed by atoms with Gasteiger partial charge < -0.3 is 24.3 Å². The van der Waals surface area contributed by atoms with Gasteiger partial charge in [-0.25, -0.2) is 4.98 Å². The average Bonchev–Trinajstić information content (AvgIpc) is 3.15. The fraction of sp³-hybridized carbons (Fsp3) is 0.571. The molecule has 0 saturated carbocycles. The lowest BCUT2D eigenvalue weighted by Gasteiger charge is -2.47. The summed E-state index contributed by atoms with van der Waals surface area (Å²) in [6.45, 7) is 2.05. The van der Waals surface area contributed by atoms with E-state index in [-0.39, 0.29) is 31.1 Å². The number of aromatic amines is 1. The van der Waals surface area contributed by atoms with Crippen LogP contribution in [-0.4, -0.2) is 78.1 Å². The van der Waals surface area contributed by atoms with E-state index in [0.29, 0.717) is 38.3 Å². The minimum atomic E-state index is -0.403. The zero-order chi connectivity index (χ0) is 20.4. The number of methoxy groups -OCH3 is 1. The third-order valence-corrected chi connectivity index (χ3v) is 6.21. The molecule has 1 N–H and O–H groups in total. The predicted octanol–water partition coefficient (Wildman–Crippen LogP) is 1.57. The number of nitrogens with zero attached hydrogens (tertiary/aromatic N) is 3. The number of rotatable bonds is 5. The van der Waals surface area contributed by atoms with Crippen LogP contribution in [0.1, 0.15) is 25.1 Å². The molecule has 2 aliphatic rings. The minimum Gasteiger partial charge on any atom is -0.380 e. The number of piperidine rings is 2. The van der Waals surface area contributed by atoms with E-state index in [1.54, 1.807) is 16.9 Å².